The van der Waals surface area contributed by atoms with Crippen molar-refractivity contribution < 1.29 is 22.7 Å². The zero-order valence-corrected chi connectivity index (χ0v) is 10.5. The van der Waals surface area contributed by atoms with Crippen LogP contribution >= 0.6 is 0 Å². The molecule has 106 valence electrons. The topological polar surface area (TPSA) is 44.1 Å². The predicted octanol–water partition coefficient (Wildman–Crippen LogP) is 2.74. The number of carbonyl (C=O) groups excluding carboxylic acids is 1. The first-order chi connectivity index (χ1) is 9.35. The van der Waals surface area contributed by atoms with Gasteiger partial charge in [0.15, 0.2) is 5.78 Å². The standard InChI is InChI=1S/C13H11F3N2O2/c1-18-7-6-17-12(18)8-11(19)9-2-4-10(5-3-9)20-13(14,15)16/h2-7H,8H2,1H3. The van der Waals surface area contributed by atoms with E-state index in [0.29, 0.717) is 11.4 Å². The predicted molar refractivity (Wildman–Crippen MR) is 64.4 cm³/mol. The van der Waals surface area contributed by atoms with E-state index in [9.17, 15) is 18.0 Å². The zero-order chi connectivity index (χ0) is 14.8. The van der Waals surface area contributed by atoms with Gasteiger partial charge in [0.25, 0.3) is 0 Å². The van der Waals surface area contributed by atoms with E-state index in [2.05, 4.69) is 9.72 Å². The number of hydrogen-bond donors (Lipinski definition) is 0. The van der Waals surface area contributed by atoms with Gasteiger partial charge in [0, 0.05) is 25.0 Å². The Labute approximate surface area is 112 Å². The maximum absolute atomic E-state index is 12.0. The first kappa shape index (κ1) is 14.1. The number of alkyl halides is 3. The monoisotopic (exact) mass is 284 g/mol. The molecule has 2 aromatic rings. The van der Waals surface area contributed by atoms with E-state index in [1.165, 1.54) is 12.1 Å². The Morgan fingerprint density at radius 1 is 1.30 bits per heavy atom. The summed E-state index contributed by atoms with van der Waals surface area (Å²) in [5.74, 6) is 0.00881. The van der Waals surface area contributed by atoms with Gasteiger partial charge in [-0.1, -0.05) is 0 Å². The summed E-state index contributed by atoms with van der Waals surface area (Å²) < 4.78 is 41.4. The Bertz CT molecular complexity index is 603. The molecule has 7 heteroatoms. The number of carbonyl (C=O) groups is 1. The van der Waals surface area contributed by atoms with E-state index in [-0.39, 0.29) is 18.0 Å². The number of hydrogen-bond acceptors (Lipinski definition) is 3. The lowest BCUT2D eigenvalue weighted by atomic mass is 10.1. The number of aromatic nitrogens is 2. The summed E-state index contributed by atoms with van der Waals surface area (Å²) in [7, 11) is 1.76. The van der Waals surface area contributed by atoms with Crippen LogP contribution in [0.2, 0.25) is 0 Å². The minimum Gasteiger partial charge on any atom is -0.406 e. The van der Waals surface area contributed by atoms with Crippen LogP contribution in [0, 0.1) is 0 Å². The number of nitrogens with zero attached hydrogens (tertiary/aromatic N) is 2. The number of ketones is 1. The minimum absolute atomic E-state index is 0.0863. The van der Waals surface area contributed by atoms with Gasteiger partial charge >= 0.3 is 6.36 Å². The molecule has 0 amide bonds. The molecular weight excluding hydrogens is 273 g/mol. The van der Waals surface area contributed by atoms with Crippen molar-refractivity contribution in [3.8, 4) is 5.75 Å². The molecule has 1 heterocycles. The third-order valence-corrected chi connectivity index (χ3v) is 2.65. The van der Waals surface area contributed by atoms with Crippen molar-refractivity contribution >= 4 is 5.78 Å². The second kappa shape index (κ2) is 5.36. The number of benzene rings is 1. The fraction of sp³-hybridized carbons (Fsp3) is 0.231. The first-order valence-electron chi connectivity index (χ1n) is 5.70. The van der Waals surface area contributed by atoms with E-state index in [0.717, 1.165) is 12.1 Å². The van der Waals surface area contributed by atoms with Crippen molar-refractivity contribution in [2.75, 3.05) is 0 Å². The third kappa shape index (κ3) is 3.59. The van der Waals surface area contributed by atoms with Crippen LogP contribution in [0.3, 0.4) is 0 Å². The maximum atomic E-state index is 12.0. The summed E-state index contributed by atoms with van der Waals surface area (Å²) in [5.41, 5.74) is 0.308. The second-order valence-electron chi connectivity index (χ2n) is 4.13. The van der Waals surface area contributed by atoms with E-state index in [4.69, 9.17) is 0 Å². The number of Topliss-reactive ketones (excluding diaryl/α,β-unsaturated/α-hetero) is 1. The van der Waals surface area contributed by atoms with E-state index in [1.54, 1.807) is 24.0 Å². The van der Waals surface area contributed by atoms with Gasteiger partial charge in [-0.25, -0.2) is 4.98 Å². The van der Waals surface area contributed by atoms with Crippen LogP contribution in [0.25, 0.3) is 0 Å². The molecule has 2 rings (SSSR count). The van der Waals surface area contributed by atoms with Gasteiger partial charge in [-0.2, -0.15) is 0 Å². The van der Waals surface area contributed by atoms with Gasteiger partial charge in [0.2, 0.25) is 0 Å². The number of rotatable bonds is 4. The number of ether oxygens (including phenoxy) is 1. The molecule has 1 aromatic heterocycles. The lowest BCUT2D eigenvalue weighted by Gasteiger charge is -2.09. The largest absolute Gasteiger partial charge is 0.573 e. The molecule has 0 aliphatic rings. The summed E-state index contributed by atoms with van der Waals surface area (Å²) in [6.45, 7) is 0. The van der Waals surface area contributed by atoms with Gasteiger partial charge in [0.1, 0.15) is 11.6 Å². The highest BCUT2D eigenvalue weighted by molar-refractivity contribution is 5.97. The lowest BCUT2D eigenvalue weighted by Crippen LogP contribution is -2.17. The molecule has 0 spiro atoms. The summed E-state index contributed by atoms with van der Waals surface area (Å²) in [5, 5.41) is 0. The van der Waals surface area contributed by atoms with Crippen molar-refractivity contribution in [1.29, 1.82) is 0 Å². The van der Waals surface area contributed by atoms with Gasteiger partial charge in [0.05, 0.1) is 6.42 Å². The number of aryl methyl sites for hydroxylation is 1. The molecule has 0 saturated heterocycles. The van der Waals surface area contributed by atoms with Gasteiger partial charge in [-0.05, 0) is 24.3 Å². The van der Waals surface area contributed by atoms with Crippen LogP contribution in [0.15, 0.2) is 36.7 Å². The SMILES string of the molecule is Cn1ccnc1CC(=O)c1ccc(OC(F)(F)F)cc1. The minimum atomic E-state index is -4.74. The molecule has 0 bridgehead atoms. The Hall–Kier alpha value is -2.31. The Morgan fingerprint density at radius 2 is 1.95 bits per heavy atom. The van der Waals surface area contributed by atoms with Crippen molar-refractivity contribution in [2.45, 2.75) is 12.8 Å². The third-order valence-electron chi connectivity index (χ3n) is 2.65. The highest BCUT2D eigenvalue weighted by Gasteiger charge is 2.31. The molecule has 0 fully saturated rings. The fourth-order valence-corrected chi connectivity index (χ4v) is 1.65. The molecule has 0 radical (unpaired) electrons. The Balaban J connectivity index is 2.06. The van der Waals surface area contributed by atoms with Crippen LogP contribution < -0.4 is 4.74 Å². The average molecular weight is 284 g/mol. The molecule has 0 N–H and O–H groups in total. The van der Waals surface area contributed by atoms with E-state index in [1.807, 2.05) is 0 Å². The van der Waals surface area contributed by atoms with E-state index >= 15 is 0 Å². The summed E-state index contributed by atoms with van der Waals surface area (Å²) >= 11 is 0. The van der Waals surface area contributed by atoms with Gasteiger partial charge in [-0.15, -0.1) is 13.2 Å². The fourth-order valence-electron chi connectivity index (χ4n) is 1.65. The average Bonchev–Trinajstić information content (AvgIpc) is 2.74. The van der Waals surface area contributed by atoms with Crippen molar-refractivity contribution in [2.24, 2.45) is 7.05 Å². The summed E-state index contributed by atoms with van der Waals surface area (Å²) in [6, 6.07) is 4.82. The molecule has 1 aromatic carbocycles. The Morgan fingerprint density at radius 3 is 2.45 bits per heavy atom. The number of halogens is 3. The molecular formula is C13H11F3N2O2. The van der Waals surface area contributed by atoms with Crippen molar-refractivity contribution in [1.82, 2.24) is 9.55 Å². The number of imidazole rings is 1. The molecule has 4 nitrogen and oxygen atoms in total. The Kier molecular flexibility index (Phi) is 3.78. The van der Waals surface area contributed by atoms with Crippen LogP contribution in [-0.2, 0) is 13.5 Å². The molecule has 0 unspecified atom stereocenters. The molecule has 0 atom stereocenters. The summed E-state index contributed by atoms with van der Waals surface area (Å²) in [6.07, 6.45) is -1.37. The van der Waals surface area contributed by atoms with Gasteiger partial charge < -0.3 is 9.30 Å². The quantitative estimate of drug-likeness (QED) is 0.811. The molecule has 0 aliphatic carbocycles. The summed E-state index contributed by atoms with van der Waals surface area (Å²) in [4.78, 5) is 16.0. The van der Waals surface area contributed by atoms with E-state index < -0.39 is 6.36 Å². The smallest absolute Gasteiger partial charge is 0.406 e. The van der Waals surface area contributed by atoms with Gasteiger partial charge in [-0.3, -0.25) is 4.79 Å². The highest BCUT2D eigenvalue weighted by Crippen LogP contribution is 2.23. The maximum Gasteiger partial charge on any atom is 0.573 e. The molecule has 20 heavy (non-hydrogen) atoms. The molecule has 0 aliphatic heterocycles. The normalized spacial score (nSPS) is 11.4. The lowest BCUT2D eigenvalue weighted by molar-refractivity contribution is -0.274. The van der Waals surface area contributed by atoms with Crippen LogP contribution in [0.1, 0.15) is 16.2 Å². The van der Waals surface area contributed by atoms with Crippen LogP contribution in [0.4, 0.5) is 13.2 Å². The van der Waals surface area contributed by atoms with Crippen LogP contribution in [-0.4, -0.2) is 21.7 Å². The zero-order valence-electron chi connectivity index (χ0n) is 10.5. The second-order valence-corrected chi connectivity index (χ2v) is 4.13. The van der Waals surface area contributed by atoms with Crippen molar-refractivity contribution in [3.63, 3.8) is 0 Å². The highest BCUT2D eigenvalue weighted by atomic mass is 19.4. The first-order valence-corrected chi connectivity index (χ1v) is 5.70. The molecule has 0 saturated carbocycles. The van der Waals surface area contributed by atoms with Crippen molar-refractivity contribution in [3.05, 3.63) is 48.0 Å². The van der Waals surface area contributed by atoms with Crippen LogP contribution in [0.5, 0.6) is 5.75 Å².